The molecule has 0 bridgehead atoms. The van der Waals surface area contributed by atoms with Gasteiger partial charge < -0.3 is 0 Å². The fraction of sp³-hybridized carbons (Fsp3) is 0.333. The summed E-state index contributed by atoms with van der Waals surface area (Å²) in [5.41, 5.74) is 3.02. The zero-order valence-corrected chi connectivity index (χ0v) is 11.4. The number of nitro groups is 1. The molecule has 0 aliphatic rings. The summed E-state index contributed by atoms with van der Waals surface area (Å²) in [6.07, 6.45) is 2.37. The van der Waals surface area contributed by atoms with Gasteiger partial charge in [-0.15, -0.1) is 16.7 Å². The molecular formula is C12H13ClN4O2. The minimum absolute atomic E-state index is 0.0787. The van der Waals surface area contributed by atoms with Gasteiger partial charge in [0.05, 0.1) is 28.1 Å². The lowest BCUT2D eigenvalue weighted by molar-refractivity contribution is -0.385. The summed E-state index contributed by atoms with van der Waals surface area (Å²) in [5.74, 6) is 0.464. The lowest BCUT2D eigenvalue weighted by Gasteiger charge is -2.09. The van der Waals surface area contributed by atoms with E-state index in [9.17, 15) is 10.1 Å². The third-order valence-electron chi connectivity index (χ3n) is 2.92. The summed E-state index contributed by atoms with van der Waals surface area (Å²) >= 11 is 5.65. The maximum Gasteiger partial charge on any atom is 0.274 e. The van der Waals surface area contributed by atoms with Crippen LogP contribution in [0.3, 0.4) is 0 Å². The molecule has 7 heteroatoms. The molecule has 6 nitrogen and oxygen atoms in total. The predicted molar refractivity (Wildman–Crippen MR) is 71.9 cm³/mol. The van der Waals surface area contributed by atoms with Crippen molar-refractivity contribution in [2.24, 2.45) is 0 Å². The SMILES string of the molecule is Cc1ccc([N+](=O)[O-])c(C)c1-n1cc(CCCl)nn1. The molecule has 0 N–H and O–H groups in total. The molecule has 1 heterocycles. The van der Waals surface area contributed by atoms with E-state index in [1.165, 1.54) is 6.07 Å². The van der Waals surface area contributed by atoms with Crippen LogP contribution in [0, 0.1) is 24.0 Å². The van der Waals surface area contributed by atoms with Crippen LogP contribution < -0.4 is 0 Å². The van der Waals surface area contributed by atoms with Crippen molar-refractivity contribution in [3.63, 3.8) is 0 Å². The predicted octanol–water partition coefficient (Wildman–Crippen LogP) is 2.57. The standard InChI is InChI=1S/C12H13ClN4O2/c1-8-3-4-11(17(18)19)9(2)12(8)16-7-10(5-6-13)14-15-16/h3-4,7H,5-6H2,1-2H3. The van der Waals surface area contributed by atoms with Gasteiger partial charge in [0.2, 0.25) is 0 Å². The van der Waals surface area contributed by atoms with Crippen molar-refractivity contribution < 1.29 is 4.92 Å². The Bertz CT molecular complexity index is 624. The van der Waals surface area contributed by atoms with Crippen LogP contribution in [0.1, 0.15) is 16.8 Å². The van der Waals surface area contributed by atoms with Crippen LogP contribution in [0.2, 0.25) is 0 Å². The van der Waals surface area contributed by atoms with Gasteiger partial charge in [0.1, 0.15) is 0 Å². The quantitative estimate of drug-likeness (QED) is 0.490. The van der Waals surface area contributed by atoms with Crippen molar-refractivity contribution in [2.45, 2.75) is 20.3 Å². The van der Waals surface area contributed by atoms with Crippen molar-refractivity contribution in [1.29, 1.82) is 0 Å². The van der Waals surface area contributed by atoms with E-state index in [2.05, 4.69) is 10.3 Å². The zero-order valence-electron chi connectivity index (χ0n) is 10.6. The maximum atomic E-state index is 11.0. The minimum Gasteiger partial charge on any atom is -0.258 e. The van der Waals surface area contributed by atoms with E-state index >= 15 is 0 Å². The lowest BCUT2D eigenvalue weighted by atomic mass is 10.1. The second-order valence-electron chi connectivity index (χ2n) is 4.23. The highest BCUT2D eigenvalue weighted by Gasteiger charge is 2.18. The Morgan fingerprint density at radius 2 is 2.16 bits per heavy atom. The van der Waals surface area contributed by atoms with E-state index in [1.54, 1.807) is 23.9 Å². The monoisotopic (exact) mass is 280 g/mol. The van der Waals surface area contributed by atoms with E-state index in [0.29, 0.717) is 23.6 Å². The molecule has 0 atom stereocenters. The van der Waals surface area contributed by atoms with Crippen LogP contribution in [-0.4, -0.2) is 25.8 Å². The summed E-state index contributed by atoms with van der Waals surface area (Å²) in [5, 5.41) is 19.0. The van der Waals surface area contributed by atoms with Crippen LogP contribution >= 0.6 is 11.6 Å². The third-order valence-corrected chi connectivity index (χ3v) is 3.11. The molecule has 2 rings (SSSR count). The van der Waals surface area contributed by atoms with Gasteiger partial charge in [0.25, 0.3) is 5.69 Å². The lowest BCUT2D eigenvalue weighted by Crippen LogP contribution is -2.04. The molecule has 0 unspecified atom stereocenters. The largest absolute Gasteiger partial charge is 0.274 e. The molecule has 19 heavy (non-hydrogen) atoms. The number of hydrogen-bond donors (Lipinski definition) is 0. The number of aryl methyl sites for hydroxylation is 2. The van der Waals surface area contributed by atoms with Gasteiger partial charge in [-0.25, -0.2) is 4.68 Å². The first-order chi connectivity index (χ1) is 9.04. The normalized spacial score (nSPS) is 10.7. The topological polar surface area (TPSA) is 73.8 Å². The first-order valence-electron chi connectivity index (χ1n) is 5.76. The average Bonchev–Trinajstić information content (AvgIpc) is 2.77. The number of halogens is 1. The fourth-order valence-electron chi connectivity index (χ4n) is 1.99. The average molecular weight is 281 g/mol. The Balaban J connectivity index is 2.53. The number of aromatic nitrogens is 3. The number of alkyl halides is 1. The summed E-state index contributed by atoms with van der Waals surface area (Å²) in [7, 11) is 0. The van der Waals surface area contributed by atoms with Gasteiger partial charge in [0, 0.05) is 18.4 Å². The Morgan fingerprint density at radius 1 is 1.42 bits per heavy atom. The molecular weight excluding hydrogens is 268 g/mol. The van der Waals surface area contributed by atoms with Crippen LogP contribution in [0.15, 0.2) is 18.3 Å². The summed E-state index contributed by atoms with van der Waals surface area (Å²) in [4.78, 5) is 10.6. The Labute approximate surface area is 115 Å². The molecule has 100 valence electrons. The second kappa shape index (κ2) is 5.36. The molecule has 0 aliphatic heterocycles. The third kappa shape index (κ3) is 2.58. The molecule has 0 aliphatic carbocycles. The minimum atomic E-state index is -0.394. The molecule has 0 amide bonds. The van der Waals surface area contributed by atoms with Crippen LogP contribution in [0.25, 0.3) is 5.69 Å². The Kier molecular flexibility index (Phi) is 3.80. The van der Waals surface area contributed by atoms with E-state index in [4.69, 9.17) is 11.6 Å². The number of benzene rings is 1. The van der Waals surface area contributed by atoms with Crippen LogP contribution in [0.4, 0.5) is 5.69 Å². The highest BCUT2D eigenvalue weighted by molar-refractivity contribution is 6.17. The zero-order chi connectivity index (χ0) is 14.0. The molecule has 1 aromatic carbocycles. The van der Waals surface area contributed by atoms with E-state index in [-0.39, 0.29) is 5.69 Å². The number of hydrogen-bond acceptors (Lipinski definition) is 4. The van der Waals surface area contributed by atoms with Crippen molar-refractivity contribution >= 4 is 17.3 Å². The number of nitrogens with zero attached hydrogens (tertiary/aromatic N) is 4. The van der Waals surface area contributed by atoms with E-state index < -0.39 is 4.92 Å². The van der Waals surface area contributed by atoms with E-state index in [0.717, 1.165) is 11.3 Å². The first kappa shape index (κ1) is 13.5. The molecule has 0 radical (unpaired) electrons. The van der Waals surface area contributed by atoms with Gasteiger partial charge >= 0.3 is 0 Å². The molecule has 0 spiro atoms. The smallest absolute Gasteiger partial charge is 0.258 e. The highest BCUT2D eigenvalue weighted by Crippen LogP contribution is 2.27. The van der Waals surface area contributed by atoms with Crippen molar-refractivity contribution in [2.75, 3.05) is 5.88 Å². The van der Waals surface area contributed by atoms with Gasteiger partial charge in [-0.3, -0.25) is 10.1 Å². The summed E-state index contributed by atoms with van der Waals surface area (Å²) in [6.45, 7) is 3.60. The molecule has 0 fully saturated rings. The summed E-state index contributed by atoms with van der Waals surface area (Å²) < 4.78 is 1.57. The Hall–Kier alpha value is -1.95. The number of nitro benzene ring substituents is 1. The highest BCUT2D eigenvalue weighted by atomic mass is 35.5. The molecule has 0 saturated carbocycles. The molecule has 2 aromatic rings. The fourth-order valence-corrected chi connectivity index (χ4v) is 2.19. The van der Waals surface area contributed by atoms with Gasteiger partial charge in [-0.2, -0.15) is 0 Å². The summed E-state index contributed by atoms with van der Waals surface area (Å²) in [6, 6.07) is 3.22. The van der Waals surface area contributed by atoms with Crippen LogP contribution in [-0.2, 0) is 6.42 Å². The van der Waals surface area contributed by atoms with Gasteiger partial charge in [0.15, 0.2) is 0 Å². The molecule has 0 saturated heterocycles. The second-order valence-corrected chi connectivity index (χ2v) is 4.60. The Morgan fingerprint density at radius 3 is 2.79 bits per heavy atom. The van der Waals surface area contributed by atoms with E-state index in [1.807, 2.05) is 6.92 Å². The molecule has 1 aromatic heterocycles. The maximum absolute atomic E-state index is 11.0. The van der Waals surface area contributed by atoms with Gasteiger partial charge in [-0.1, -0.05) is 11.3 Å². The first-order valence-corrected chi connectivity index (χ1v) is 6.30. The van der Waals surface area contributed by atoms with Crippen molar-refractivity contribution in [1.82, 2.24) is 15.0 Å². The number of rotatable bonds is 4. The van der Waals surface area contributed by atoms with Crippen molar-refractivity contribution in [3.8, 4) is 5.69 Å². The van der Waals surface area contributed by atoms with Crippen LogP contribution in [0.5, 0.6) is 0 Å². The van der Waals surface area contributed by atoms with Gasteiger partial charge in [-0.05, 0) is 19.4 Å². The van der Waals surface area contributed by atoms with Crippen molar-refractivity contribution in [3.05, 3.63) is 45.3 Å².